The fourth-order valence-corrected chi connectivity index (χ4v) is 3.27. The summed E-state index contributed by atoms with van der Waals surface area (Å²) in [6.07, 6.45) is 2.15. The van der Waals surface area contributed by atoms with Crippen molar-refractivity contribution < 1.29 is 19.1 Å². The molecular weight excluding hydrogens is 342 g/mol. The van der Waals surface area contributed by atoms with E-state index in [0.29, 0.717) is 30.0 Å². The summed E-state index contributed by atoms with van der Waals surface area (Å²) in [5.74, 6) is 0.328. The standard InChI is InChI=1S/C19H20ClNO4/c20-14-6-3-13(4-7-14)5-8-18(23)17-10-15(22)12-21(17)19(24)11-16-2-1-9-25-16/h1-4,6-7,9,15,17,22H,5,8,10-12H2/t15-,17+/m1/s1. The Balaban J connectivity index is 1.61. The van der Waals surface area contributed by atoms with Crippen molar-refractivity contribution in [2.45, 2.75) is 37.8 Å². The van der Waals surface area contributed by atoms with Crippen molar-refractivity contribution in [2.24, 2.45) is 0 Å². The van der Waals surface area contributed by atoms with Crippen LogP contribution in [0.2, 0.25) is 5.02 Å². The average Bonchev–Trinajstić information content (AvgIpc) is 3.23. The molecule has 1 amide bonds. The number of aliphatic hydroxyl groups is 1. The van der Waals surface area contributed by atoms with Gasteiger partial charge in [0.1, 0.15) is 5.76 Å². The van der Waals surface area contributed by atoms with Crippen LogP contribution in [0.25, 0.3) is 0 Å². The van der Waals surface area contributed by atoms with Gasteiger partial charge in [-0.2, -0.15) is 0 Å². The molecule has 3 rings (SSSR count). The van der Waals surface area contributed by atoms with Crippen LogP contribution >= 0.6 is 11.6 Å². The molecule has 0 unspecified atom stereocenters. The number of amides is 1. The van der Waals surface area contributed by atoms with Crippen LogP contribution < -0.4 is 0 Å². The van der Waals surface area contributed by atoms with E-state index in [-0.39, 0.29) is 24.7 Å². The lowest BCUT2D eigenvalue weighted by Crippen LogP contribution is -2.41. The van der Waals surface area contributed by atoms with Crippen molar-refractivity contribution in [3.05, 3.63) is 59.0 Å². The average molecular weight is 362 g/mol. The van der Waals surface area contributed by atoms with Crippen LogP contribution in [0.15, 0.2) is 47.1 Å². The molecular formula is C19H20ClNO4. The van der Waals surface area contributed by atoms with Crippen LogP contribution in [0.4, 0.5) is 0 Å². The van der Waals surface area contributed by atoms with Crippen LogP contribution in [0, 0.1) is 0 Å². The van der Waals surface area contributed by atoms with Crippen molar-refractivity contribution in [3.8, 4) is 0 Å². The number of carbonyl (C=O) groups is 2. The predicted octanol–water partition coefficient (Wildman–Crippen LogP) is 2.64. The molecule has 2 heterocycles. The number of halogens is 1. The highest BCUT2D eigenvalue weighted by molar-refractivity contribution is 6.30. The Kier molecular flexibility index (Phi) is 5.56. The quantitative estimate of drug-likeness (QED) is 0.858. The number of benzene rings is 1. The van der Waals surface area contributed by atoms with E-state index in [2.05, 4.69) is 0 Å². The van der Waals surface area contributed by atoms with Gasteiger partial charge in [0, 0.05) is 24.4 Å². The van der Waals surface area contributed by atoms with E-state index < -0.39 is 12.1 Å². The summed E-state index contributed by atoms with van der Waals surface area (Å²) >= 11 is 5.86. The number of nitrogens with zero attached hydrogens (tertiary/aromatic N) is 1. The number of hydrogen-bond acceptors (Lipinski definition) is 4. The lowest BCUT2D eigenvalue weighted by atomic mass is 10.0. The fourth-order valence-electron chi connectivity index (χ4n) is 3.14. The summed E-state index contributed by atoms with van der Waals surface area (Å²) in [4.78, 5) is 26.6. The minimum Gasteiger partial charge on any atom is -0.469 e. The van der Waals surface area contributed by atoms with Crippen LogP contribution in [-0.4, -0.2) is 40.4 Å². The number of aryl methyl sites for hydroxylation is 1. The molecule has 1 saturated heterocycles. The maximum Gasteiger partial charge on any atom is 0.230 e. The highest BCUT2D eigenvalue weighted by atomic mass is 35.5. The fraction of sp³-hybridized carbons (Fsp3) is 0.368. The van der Waals surface area contributed by atoms with Gasteiger partial charge in [-0.25, -0.2) is 0 Å². The molecule has 1 aromatic carbocycles. The number of β-amino-alcohol motifs (C(OH)–C–C–N with tert-alkyl or cyclic N) is 1. The second-order valence-electron chi connectivity index (χ2n) is 6.30. The largest absolute Gasteiger partial charge is 0.469 e. The summed E-state index contributed by atoms with van der Waals surface area (Å²) < 4.78 is 5.20. The zero-order valence-corrected chi connectivity index (χ0v) is 14.5. The highest BCUT2D eigenvalue weighted by Crippen LogP contribution is 2.22. The SMILES string of the molecule is O=C(CCc1ccc(Cl)cc1)[C@@H]1C[C@@H](O)CN1C(=O)Cc1ccco1. The van der Waals surface area contributed by atoms with Crippen molar-refractivity contribution in [1.82, 2.24) is 4.90 Å². The smallest absolute Gasteiger partial charge is 0.230 e. The van der Waals surface area contributed by atoms with Crippen LogP contribution in [-0.2, 0) is 22.4 Å². The number of likely N-dealkylation sites (tertiary alicyclic amines) is 1. The minimum atomic E-state index is -0.662. The van der Waals surface area contributed by atoms with E-state index in [1.165, 1.54) is 11.2 Å². The molecule has 5 nitrogen and oxygen atoms in total. The molecule has 1 aliphatic rings. The molecule has 25 heavy (non-hydrogen) atoms. The molecule has 132 valence electrons. The Hall–Kier alpha value is -2.11. The number of aliphatic hydroxyl groups excluding tert-OH is 1. The second-order valence-corrected chi connectivity index (χ2v) is 6.74. The Morgan fingerprint density at radius 1 is 1.24 bits per heavy atom. The first kappa shape index (κ1) is 17.7. The number of carbonyl (C=O) groups excluding carboxylic acids is 2. The third-order valence-corrected chi connectivity index (χ3v) is 4.70. The maximum absolute atomic E-state index is 12.6. The molecule has 0 aliphatic carbocycles. The topological polar surface area (TPSA) is 70.8 Å². The van der Waals surface area contributed by atoms with Crippen molar-refractivity contribution >= 4 is 23.3 Å². The van der Waals surface area contributed by atoms with Gasteiger partial charge < -0.3 is 14.4 Å². The van der Waals surface area contributed by atoms with E-state index in [1.807, 2.05) is 12.1 Å². The molecule has 1 N–H and O–H groups in total. The van der Waals surface area contributed by atoms with Gasteiger partial charge in [-0.3, -0.25) is 9.59 Å². The minimum absolute atomic E-state index is 0.0284. The summed E-state index contributed by atoms with van der Waals surface area (Å²) in [6, 6.07) is 10.2. The van der Waals surface area contributed by atoms with Gasteiger partial charge in [0.25, 0.3) is 0 Å². The van der Waals surface area contributed by atoms with E-state index in [0.717, 1.165) is 5.56 Å². The van der Waals surface area contributed by atoms with Crippen molar-refractivity contribution in [3.63, 3.8) is 0 Å². The Bertz CT molecular complexity index is 726. The zero-order chi connectivity index (χ0) is 17.8. The molecule has 1 aliphatic heterocycles. The summed E-state index contributed by atoms with van der Waals surface area (Å²) in [7, 11) is 0. The molecule has 0 bridgehead atoms. The first-order valence-electron chi connectivity index (χ1n) is 8.30. The molecule has 2 aromatic rings. The van der Waals surface area contributed by atoms with Crippen molar-refractivity contribution in [2.75, 3.05) is 6.54 Å². The molecule has 0 radical (unpaired) electrons. The molecule has 0 saturated carbocycles. The molecule has 1 fully saturated rings. The lowest BCUT2D eigenvalue weighted by molar-refractivity contribution is -0.137. The second kappa shape index (κ2) is 7.85. The van der Waals surface area contributed by atoms with Gasteiger partial charge in [0.05, 0.1) is 24.8 Å². The van der Waals surface area contributed by atoms with Gasteiger partial charge in [0.2, 0.25) is 5.91 Å². The lowest BCUT2D eigenvalue weighted by Gasteiger charge is -2.23. The molecule has 1 aromatic heterocycles. The summed E-state index contributed by atoms with van der Waals surface area (Å²) in [6.45, 7) is 0.191. The van der Waals surface area contributed by atoms with E-state index in [4.69, 9.17) is 16.0 Å². The van der Waals surface area contributed by atoms with Crippen LogP contribution in [0.3, 0.4) is 0 Å². The first-order chi connectivity index (χ1) is 12.0. The van der Waals surface area contributed by atoms with Gasteiger partial charge in [-0.15, -0.1) is 0 Å². The van der Waals surface area contributed by atoms with Crippen molar-refractivity contribution in [1.29, 1.82) is 0 Å². The Morgan fingerprint density at radius 2 is 2.00 bits per heavy atom. The number of furan rings is 1. The normalized spacial score (nSPS) is 20.0. The third-order valence-electron chi connectivity index (χ3n) is 4.45. The van der Waals surface area contributed by atoms with Crippen LogP contribution in [0.5, 0.6) is 0 Å². The number of Topliss-reactive ketones (excluding diaryl/α,β-unsaturated/α-hetero) is 1. The monoisotopic (exact) mass is 361 g/mol. The van der Waals surface area contributed by atoms with Crippen LogP contribution in [0.1, 0.15) is 24.2 Å². The number of ketones is 1. The highest BCUT2D eigenvalue weighted by Gasteiger charge is 2.38. The number of hydrogen-bond donors (Lipinski definition) is 1. The molecule has 2 atom stereocenters. The van der Waals surface area contributed by atoms with E-state index >= 15 is 0 Å². The van der Waals surface area contributed by atoms with Gasteiger partial charge in [0.15, 0.2) is 5.78 Å². The zero-order valence-electron chi connectivity index (χ0n) is 13.7. The maximum atomic E-state index is 12.6. The number of rotatable bonds is 6. The summed E-state index contributed by atoms with van der Waals surface area (Å²) in [5, 5.41) is 10.6. The van der Waals surface area contributed by atoms with Gasteiger partial charge >= 0.3 is 0 Å². The summed E-state index contributed by atoms with van der Waals surface area (Å²) in [5.41, 5.74) is 1.02. The third kappa shape index (κ3) is 4.50. The van der Waals surface area contributed by atoms with Gasteiger partial charge in [-0.1, -0.05) is 23.7 Å². The van der Waals surface area contributed by atoms with E-state index in [9.17, 15) is 14.7 Å². The van der Waals surface area contributed by atoms with Gasteiger partial charge in [-0.05, 0) is 36.2 Å². The molecule has 6 heteroatoms. The first-order valence-corrected chi connectivity index (χ1v) is 8.68. The Morgan fingerprint density at radius 3 is 2.68 bits per heavy atom. The molecule has 0 spiro atoms. The van der Waals surface area contributed by atoms with E-state index in [1.54, 1.807) is 24.3 Å². The Labute approximate surface area is 151 Å². The predicted molar refractivity (Wildman–Crippen MR) is 93.3 cm³/mol.